The Morgan fingerprint density at radius 2 is 1.63 bits per heavy atom. The van der Waals surface area contributed by atoms with Crippen molar-refractivity contribution in [2.24, 2.45) is 0 Å². The molecule has 5 heteroatoms. The fourth-order valence-corrected chi connectivity index (χ4v) is 4.35. The first-order valence-corrected chi connectivity index (χ1v) is 10.8. The molecule has 2 aromatic carbocycles. The van der Waals surface area contributed by atoms with Gasteiger partial charge in [0, 0.05) is 44.0 Å². The van der Waals surface area contributed by atoms with E-state index < -0.39 is 0 Å². The highest BCUT2D eigenvalue weighted by atomic mass is 16.5. The zero-order chi connectivity index (χ0) is 21.8. The van der Waals surface area contributed by atoms with Gasteiger partial charge < -0.3 is 10.1 Å². The molecule has 30 heavy (non-hydrogen) atoms. The minimum absolute atomic E-state index is 0.0684. The van der Waals surface area contributed by atoms with Crippen molar-refractivity contribution in [1.29, 1.82) is 0 Å². The minimum atomic E-state index is -0.152. The van der Waals surface area contributed by atoms with Crippen molar-refractivity contribution in [3.63, 3.8) is 0 Å². The Morgan fingerprint density at radius 1 is 1.00 bits per heavy atom. The molecule has 0 aliphatic carbocycles. The van der Waals surface area contributed by atoms with E-state index in [4.69, 9.17) is 4.74 Å². The summed E-state index contributed by atoms with van der Waals surface area (Å²) in [6.07, 6.45) is 0. The molecule has 1 saturated heterocycles. The maximum Gasteiger partial charge on any atom is 0.241 e. The van der Waals surface area contributed by atoms with Crippen molar-refractivity contribution in [2.75, 3.05) is 38.6 Å². The van der Waals surface area contributed by atoms with E-state index in [1.165, 1.54) is 16.7 Å². The van der Waals surface area contributed by atoms with E-state index in [2.05, 4.69) is 67.1 Å². The van der Waals surface area contributed by atoms with Gasteiger partial charge in [-0.2, -0.15) is 0 Å². The zero-order valence-electron chi connectivity index (χ0n) is 19.2. The first kappa shape index (κ1) is 22.3. The highest BCUT2D eigenvalue weighted by Crippen LogP contribution is 2.24. The Kier molecular flexibility index (Phi) is 7.16. The fraction of sp³-hybridized carbons (Fsp3) is 0.480. The summed E-state index contributed by atoms with van der Waals surface area (Å²) in [4.78, 5) is 17.6. The van der Waals surface area contributed by atoms with Gasteiger partial charge in [0.2, 0.25) is 5.91 Å². The second-order valence-electron chi connectivity index (χ2n) is 8.57. The number of aryl methyl sites for hydroxylation is 4. The number of carbonyl (C=O) groups is 1. The molecule has 3 rings (SSSR count). The highest BCUT2D eigenvalue weighted by Gasteiger charge is 2.26. The molecule has 1 fully saturated rings. The molecule has 0 spiro atoms. The van der Waals surface area contributed by atoms with Gasteiger partial charge >= 0.3 is 0 Å². The molecule has 0 aromatic heterocycles. The fourth-order valence-electron chi connectivity index (χ4n) is 4.35. The Morgan fingerprint density at radius 3 is 2.23 bits per heavy atom. The van der Waals surface area contributed by atoms with Crippen molar-refractivity contribution >= 4 is 11.6 Å². The first-order valence-electron chi connectivity index (χ1n) is 10.8. The lowest BCUT2D eigenvalue weighted by atomic mass is 10.0. The van der Waals surface area contributed by atoms with E-state index in [1.807, 2.05) is 13.0 Å². The van der Waals surface area contributed by atoms with E-state index in [0.717, 1.165) is 55.3 Å². The Bertz CT molecular complexity index is 878. The van der Waals surface area contributed by atoms with E-state index in [0.29, 0.717) is 0 Å². The number of anilines is 1. The summed E-state index contributed by atoms with van der Waals surface area (Å²) in [6.45, 7) is 14.8. The minimum Gasteiger partial charge on any atom is -0.496 e. The lowest BCUT2D eigenvalue weighted by molar-refractivity contribution is -0.121. The number of carbonyl (C=O) groups excluding carboxylic acids is 1. The van der Waals surface area contributed by atoms with Crippen LogP contribution in [0.3, 0.4) is 0 Å². The van der Waals surface area contributed by atoms with Crippen LogP contribution in [0.1, 0.15) is 34.7 Å². The molecule has 5 nitrogen and oxygen atoms in total. The summed E-state index contributed by atoms with van der Waals surface area (Å²) in [6, 6.07) is 10.4. The van der Waals surface area contributed by atoms with Crippen LogP contribution in [-0.2, 0) is 11.3 Å². The molecule has 1 amide bonds. The van der Waals surface area contributed by atoms with E-state index in [9.17, 15) is 4.79 Å². The van der Waals surface area contributed by atoms with Crippen LogP contribution in [-0.4, -0.2) is 55.0 Å². The molecule has 0 bridgehead atoms. The zero-order valence-corrected chi connectivity index (χ0v) is 19.2. The number of ether oxygens (including phenoxy) is 1. The Balaban J connectivity index is 1.57. The van der Waals surface area contributed by atoms with Crippen molar-refractivity contribution < 1.29 is 9.53 Å². The quantitative estimate of drug-likeness (QED) is 0.781. The third kappa shape index (κ3) is 5.21. The monoisotopic (exact) mass is 409 g/mol. The average molecular weight is 410 g/mol. The Labute approximate surface area is 181 Å². The largest absolute Gasteiger partial charge is 0.496 e. The predicted molar refractivity (Wildman–Crippen MR) is 123 cm³/mol. The van der Waals surface area contributed by atoms with E-state index >= 15 is 0 Å². The topological polar surface area (TPSA) is 44.8 Å². The number of amides is 1. The second-order valence-corrected chi connectivity index (χ2v) is 8.57. The number of benzene rings is 2. The van der Waals surface area contributed by atoms with Crippen molar-refractivity contribution in [1.82, 2.24) is 9.80 Å². The average Bonchev–Trinajstić information content (AvgIpc) is 2.70. The lowest BCUT2D eigenvalue weighted by Crippen LogP contribution is -2.52. The number of nitrogens with one attached hydrogen (secondary N) is 1. The predicted octanol–water partition coefficient (Wildman–Crippen LogP) is 4.07. The normalized spacial score (nSPS) is 16.3. The highest BCUT2D eigenvalue weighted by molar-refractivity contribution is 5.96. The van der Waals surface area contributed by atoms with Crippen LogP contribution in [0.4, 0.5) is 5.69 Å². The molecular weight excluding hydrogens is 374 g/mol. The molecule has 0 radical (unpaired) electrons. The van der Waals surface area contributed by atoms with Crippen LogP contribution in [0, 0.1) is 27.7 Å². The van der Waals surface area contributed by atoms with E-state index in [-0.39, 0.29) is 11.9 Å². The summed E-state index contributed by atoms with van der Waals surface area (Å²) < 4.78 is 5.53. The van der Waals surface area contributed by atoms with Gasteiger partial charge in [-0.1, -0.05) is 35.4 Å². The van der Waals surface area contributed by atoms with Crippen molar-refractivity contribution in [3.05, 3.63) is 58.1 Å². The maximum atomic E-state index is 12.9. The molecule has 1 heterocycles. The molecule has 0 saturated carbocycles. The molecule has 1 atom stereocenters. The summed E-state index contributed by atoms with van der Waals surface area (Å²) >= 11 is 0. The summed E-state index contributed by atoms with van der Waals surface area (Å²) in [5.74, 6) is 1.01. The van der Waals surface area contributed by atoms with Gasteiger partial charge in [-0.15, -0.1) is 0 Å². The van der Waals surface area contributed by atoms with Gasteiger partial charge in [0.1, 0.15) is 5.75 Å². The van der Waals surface area contributed by atoms with Crippen LogP contribution in [0.2, 0.25) is 0 Å². The number of rotatable bonds is 6. The second kappa shape index (κ2) is 9.63. The van der Waals surface area contributed by atoms with Gasteiger partial charge in [-0.3, -0.25) is 14.6 Å². The number of piperazine rings is 1. The van der Waals surface area contributed by atoms with Gasteiger partial charge in [-0.05, 0) is 51.8 Å². The number of hydrogen-bond donors (Lipinski definition) is 1. The van der Waals surface area contributed by atoms with Crippen LogP contribution in [0.15, 0.2) is 30.3 Å². The van der Waals surface area contributed by atoms with Crippen LogP contribution < -0.4 is 10.1 Å². The van der Waals surface area contributed by atoms with Crippen molar-refractivity contribution in [3.8, 4) is 5.75 Å². The lowest BCUT2D eigenvalue weighted by Gasteiger charge is -2.37. The third-order valence-corrected chi connectivity index (χ3v) is 6.09. The molecule has 2 aromatic rings. The third-order valence-electron chi connectivity index (χ3n) is 6.09. The number of methoxy groups -OCH3 is 1. The molecule has 1 aliphatic rings. The molecular formula is C25H35N3O2. The smallest absolute Gasteiger partial charge is 0.241 e. The van der Waals surface area contributed by atoms with Crippen LogP contribution in [0.25, 0.3) is 0 Å². The van der Waals surface area contributed by atoms with Gasteiger partial charge in [0.25, 0.3) is 0 Å². The molecule has 162 valence electrons. The van der Waals surface area contributed by atoms with Gasteiger partial charge in [-0.25, -0.2) is 0 Å². The van der Waals surface area contributed by atoms with Crippen LogP contribution in [0.5, 0.6) is 5.75 Å². The van der Waals surface area contributed by atoms with Gasteiger partial charge in [0.05, 0.1) is 13.2 Å². The summed E-state index contributed by atoms with van der Waals surface area (Å²) in [5.41, 5.74) is 6.87. The number of nitrogens with zero attached hydrogens (tertiary/aromatic N) is 2. The summed E-state index contributed by atoms with van der Waals surface area (Å²) in [5, 5.41) is 3.16. The Hall–Kier alpha value is -2.37. The molecule has 1 aliphatic heterocycles. The van der Waals surface area contributed by atoms with Crippen molar-refractivity contribution in [2.45, 2.75) is 47.2 Å². The first-order chi connectivity index (χ1) is 14.3. The molecule has 1 N–H and O–H groups in total. The standard InChI is InChI=1S/C25H35N3O2/c1-17-7-8-23(30-6)22(15-17)16-27-9-11-28(12-10-27)21(5)25(29)26-24-19(3)13-18(2)14-20(24)4/h7-8,13-15,21H,9-12,16H2,1-6H3,(H,26,29)/t21-/m1/s1. The van der Waals surface area contributed by atoms with Gasteiger partial charge in [0.15, 0.2) is 0 Å². The maximum absolute atomic E-state index is 12.9. The SMILES string of the molecule is COc1ccc(C)cc1CN1CCN([C@H](C)C(=O)Nc2c(C)cc(C)cc2C)CC1. The summed E-state index contributed by atoms with van der Waals surface area (Å²) in [7, 11) is 1.73. The van der Waals surface area contributed by atoms with Crippen LogP contribution >= 0.6 is 0 Å². The molecule has 0 unspecified atom stereocenters. The van der Waals surface area contributed by atoms with E-state index in [1.54, 1.807) is 7.11 Å². The number of hydrogen-bond acceptors (Lipinski definition) is 4.